The van der Waals surface area contributed by atoms with Gasteiger partial charge in [-0.25, -0.2) is 0 Å². The van der Waals surface area contributed by atoms with Crippen LogP contribution in [0.15, 0.2) is 23.8 Å². The molecule has 4 fully saturated rings. The number of rotatable bonds is 7. The molecule has 5 rings (SSSR count). The van der Waals surface area contributed by atoms with E-state index in [1.165, 1.54) is 6.92 Å². The van der Waals surface area contributed by atoms with Crippen LogP contribution in [0.3, 0.4) is 0 Å². The number of Topliss-reactive ketones (excluding diaryl/α,β-unsaturated/α-hetero) is 1. The van der Waals surface area contributed by atoms with Crippen LogP contribution >= 0.6 is 0 Å². The van der Waals surface area contributed by atoms with E-state index in [2.05, 4.69) is 47.6 Å². The molecule has 4 aliphatic carbocycles. The minimum absolute atomic E-state index is 0.0272. The van der Waals surface area contributed by atoms with Crippen LogP contribution in [0, 0.1) is 40.4 Å². The Bertz CT molecular complexity index is 1090. The Kier molecular flexibility index (Phi) is 6.67. The number of allylic oxidation sites excluding steroid dienone is 3. The van der Waals surface area contributed by atoms with Crippen LogP contribution in [0.2, 0.25) is 0 Å². The quantitative estimate of drug-likeness (QED) is 0.273. The van der Waals surface area contributed by atoms with Crippen LogP contribution in [-0.4, -0.2) is 46.1 Å². The molecule has 0 bridgehead atoms. The number of ether oxygens (including phenoxy) is 2. The Labute approximate surface area is 227 Å². The minimum atomic E-state index is -0.451. The SMILES string of the molecule is CC(=O)CC(=O)O[C@H](C[C@]1(C)OC1(C)C)[C@@H](C)[C@H]1CC[C@H]2[C@@H]3[C@H](O)CC4=CC(=O)C=C[C@]4(C)[C@H]3CC[C@]12C. The molecular formula is C32H46O6. The van der Waals surface area contributed by atoms with Gasteiger partial charge in [-0.2, -0.15) is 0 Å². The molecule has 0 unspecified atom stereocenters. The lowest BCUT2D eigenvalue weighted by atomic mass is 9.46. The molecule has 0 aromatic carbocycles. The van der Waals surface area contributed by atoms with E-state index in [0.717, 1.165) is 31.3 Å². The zero-order valence-electron chi connectivity index (χ0n) is 24.2. The van der Waals surface area contributed by atoms with Crippen LogP contribution in [0.5, 0.6) is 0 Å². The maximum atomic E-state index is 12.7. The smallest absolute Gasteiger partial charge is 0.313 e. The van der Waals surface area contributed by atoms with Crippen molar-refractivity contribution in [3.8, 4) is 0 Å². The maximum Gasteiger partial charge on any atom is 0.313 e. The lowest BCUT2D eigenvalue weighted by Gasteiger charge is -2.59. The minimum Gasteiger partial charge on any atom is -0.462 e. The number of carbonyl (C=O) groups excluding carboxylic acids is 3. The zero-order chi connectivity index (χ0) is 27.8. The van der Waals surface area contributed by atoms with Crippen LogP contribution in [0.4, 0.5) is 0 Å². The summed E-state index contributed by atoms with van der Waals surface area (Å²) in [6.45, 7) is 14.5. The van der Waals surface area contributed by atoms with E-state index in [0.29, 0.717) is 30.6 Å². The van der Waals surface area contributed by atoms with Gasteiger partial charge >= 0.3 is 5.97 Å². The van der Waals surface area contributed by atoms with E-state index in [4.69, 9.17) is 9.47 Å². The molecule has 1 aliphatic heterocycles. The van der Waals surface area contributed by atoms with Crippen molar-refractivity contribution < 1.29 is 29.0 Å². The number of esters is 1. The van der Waals surface area contributed by atoms with Gasteiger partial charge in [-0.05, 0) is 107 Å². The molecule has 6 nitrogen and oxygen atoms in total. The molecule has 1 N–H and O–H groups in total. The molecule has 5 aliphatic rings. The Morgan fingerprint density at radius 1 is 1.13 bits per heavy atom. The first-order valence-electron chi connectivity index (χ1n) is 14.6. The second-order valence-corrected chi connectivity index (χ2v) is 14.3. The maximum absolute atomic E-state index is 12.7. The van der Waals surface area contributed by atoms with Gasteiger partial charge in [0.2, 0.25) is 0 Å². The Balaban J connectivity index is 1.40. The van der Waals surface area contributed by atoms with Crippen molar-refractivity contribution in [2.75, 3.05) is 0 Å². The van der Waals surface area contributed by atoms with E-state index < -0.39 is 12.1 Å². The fourth-order valence-electron chi connectivity index (χ4n) is 9.29. The molecule has 6 heteroatoms. The summed E-state index contributed by atoms with van der Waals surface area (Å²) in [4.78, 5) is 36.4. The van der Waals surface area contributed by atoms with E-state index >= 15 is 0 Å². The van der Waals surface area contributed by atoms with Crippen LogP contribution in [-0.2, 0) is 23.9 Å². The summed E-state index contributed by atoms with van der Waals surface area (Å²) in [6, 6.07) is 0. The van der Waals surface area contributed by atoms with Gasteiger partial charge in [-0.1, -0.05) is 32.4 Å². The predicted octanol–water partition coefficient (Wildman–Crippen LogP) is 5.37. The van der Waals surface area contributed by atoms with Gasteiger partial charge in [0, 0.05) is 11.8 Å². The third-order valence-corrected chi connectivity index (χ3v) is 11.9. The molecule has 1 heterocycles. The molecule has 0 amide bonds. The van der Waals surface area contributed by atoms with Gasteiger partial charge in [-0.3, -0.25) is 14.4 Å². The van der Waals surface area contributed by atoms with Gasteiger partial charge in [0.25, 0.3) is 0 Å². The molecular weight excluding hydrogens is 480 g/mol. The fourth-order valence-corrected chi connectivity index (χ4v) is 9.29. The molecule has 1 saturated heterocycles. The number of hydrogen-bond acceptors (Lipinski definition) is 6. The highest BCUT2D eigenvalue weighted by atomic mass is 16.6. The summed E-state index contributed by atoms with van der Waals surface area (Å²) in [5.74, 6) is 0.724. The number of hydrogen-bond donors (Lipinski definition) is 1. The molecule has 3 saturated carbocycles. The average molecular weight is 527 g/mol. The van der Waals surface area contributed by atoms with Crippen molar-refractivity contribution in [1.29, 1.82) is 0 Å². The first-order valence-corrected chi connectivity index (χ1v) is 14.6. The van der Waals surface area contributed by atoms with E-state index in [1.54, 1.807) is 12.2 Å². The molecule has 0 radical (unpaired) electrons. The lowest BCUT2D eigenvalue weighted by Crippen LogP contribution is -2.55. The highest BCUT2D eigenvalue weighted by Crippen LogP contribution is 2.67. The third-order valence-electron chi connectivity index (χ3n) is 11.9. The van der Waals surface area contributed by atoms with Crippen molar-refractivity contribution in [1.82, 2.24) is 0 Å². The predicted molar refractivity (Wildman–Crippen MR) is 144 cm³/mol. The molecule has 0 aromatic heterocycles. The summed E-state index contributed by atoms with van der Waals surface area (Å²) in [5, 5.41) is 11.5. The monoisotopic (exact) mass is 526 g/mol. The van der Waals surface area contributed by atoms with Gasteiger partial charge < -0.3 is 14.6 Å². The van der Waals surface area contributed by atoms with E-state index in [-0.39, 0.29) is 58.0 Å². The van der Waals surface area contributed by atoms with Gasteiger partial charge in [0.15, 0.2) is 5.78 Å². The molecule has 0 spiro atoms. The number of aliphatic hydroxyl groups is 1. The van der Waals surface area contributed by atoms with Gasteiger partial charge in [0.05, 0.1) is 17.3 Å². The van der Waals surface area contributed by atoms with Crippen molar-refractivity contribution in [3.63, 3.8) is 0 Å². The lowest BCUT2D eigenvalue weighted by molar-refractivity contribution is -0.158. The van der Waals surface area contributed by atoms with Crippen LogP contribution < -0.4 is 0 Å². The fraction of sp³-hybridized carbons (Fsp3) is 0.781. The second kappa shape index (κ2) is 9.12. The number of ketones is 2. The van der Waals surface area contributed by atoms with Gasteiger partial charge in [0.1, 0.15) is 18.3 Å². The Morgan fingerprint density at radius 2 is 1.82 bits per heavy atom. The topological polar surface area (TPSA) is 93.2 Å². The molecule has 10 atom stereocenters. The first-order chi connectivity index (χ1) is 17.6. The summed E-state index contributed by atoms with van der Waals surface area (Å²) in [7, 11) is 0. The van der Waals surface area contributed by atoms with Crippen molar-refractivity contribution in [2.45, 2.75) is 117 Å². The largest absolute Gasteiger partial charge is 0.462 e. The standard InChI is InChI=1S/C32H46O6/c1-18(33)14-27(36)37-26(17-32(7)29(3,4)38-32)19(2)22-8-9-23-28-24(11-13-31(22,23)6)30(5)12-10-21(34)15-20(30)16-25(28)35/h10,12,15,19,22-26,28,35H,8-9,11,13-14,16-17H2,1-7H3/t19-,22+,23-,24-,25+,26+,28-,30-,31+,32-/m0/s1. The summed E-state index contributed by atoms with van der Waals surface area (Å²) in [6.07, 6.45) is 9.93. The van der Waals surface area contributed by atoms with Crippen LogP contribution in [0.25, 0.3) is 0 Å². The second-order valence-electron chi connectivity index (χ2n) is 14.3. The Hall–Kier alpha value is -1.79. The van der Waals surface area contributed by atoms with Crippen molar-refractivity contribution in [2.24, 2.45) is 40.4 Å². The summed E-state index contributed by atoms with van der Waals surface area (Å²) in [5.41, 5.74) is 0.319. The van der Waals surface area contributed by atoms with Gasteiger partial charge in [-0.15, -0.1) is 0 Å². The number of carbonyl (C=O) groups is 3. The normalized spacial score (nSPS) is 44.3. The number of epoxide rings is 1. The number of aliphatic hydroxyl groups excluding tert-OH is 1. The van der Waals surface area contributed by atoms with E-state index in [9.17, 15) is 19.5 Å². The highest BCUT2D eigenvalue weighted by Gasteiger charge is 2.64. The molecule has 0 aromatic rings. The average Bonchev–Trinajstić information content (AvgIpc) is 3.12. The number of fused-ring (bicyclic) bond motifs is 5. The molecule has 38 heavy (non-hydrogen) atoms. The first kappa shape index (κ1) is 27.8. The zero-order valence-corrected chi connectivity index (χ0v) is 24.2. The van der Waals surface area contributed by atoms with Crippen molar-refractivity contribution in [3.05, 3.63) is 23.8 Å². The Morgan fingerprint density at radius 3 is 2.45 bits per heavy atom. The third kappa shape index (κ3) is 4.34. The summed E-state index contributed by atoms with van der Waals surface area (Å²) >= 11 is 0. The van der Waals surface area contributed by atoms with E-state index in [1.807, 2.05) is 0 Å². The summed E-state index contributed by atoms with van der Waals surface area (Å²) < 4.78 is 12.1. The van der Waals surface area contributed by atoms with Crippen molar-refractivity contribution >= 4 is 17.5 Å². The van der Waals surface area contributed by atoms with Crippen LogP contribution in [0.1, 0.15) is 93.4 Å². The molecule has 210 valence electrons. The highest BCUT2D eigenvalue weighted by molar-refractivity contribution is 6.01.